The van der Waals surface area contributed by atoms with E-state index in [0.717, 1.165) is 0 Å². The molecule has 0 heterocycles. The Bertz CT molecular complexity index is 263. The molecule has 0 aliphatic carbocycles. The third-order valence-electron chi connectivity index (χ3n) is 2.82. The molecule has 84 valence electrons. The smallest absolute Gasteiger partial charge is 0.0363 e. The lowest BCUT2D eigenvalue weighted by molar-refractivity contribution is 0.661. The maximum atomic E-state index is 2.34. The first-order valence-corrected chi connectivity index (χ1v) is 6.02. The van der Waals surface area contributed by atoms with E-state index in [9.17, 15) is 0 Å². The number of unbranched alkanes of at least 4 members (excludes halogenated alkanes) is 3. The summed E-state index contributed by atoms with van der Waals surface area (Å²) in [6.45, 7) is 5.55. The zero-order chi connectivity index (χ0) is 11.1. The maximum absolute atomic E-state index is 2.34. The zero-order valence-electron chi connectivity index (χ0n) is 10.3. The van der Waals surface area contributed by atoms with Crippen LogP contribution < -0.4 is 4.90 Å². The van der Waals surface area contributed by atoms with Gasteiger partial charge < -0.3 is 4.90 Å². The highest BCUT2D eigenvalue weighted by Crippen LogP contribution is 2.14. The minimum Gasteiger partial charge on any atom is -0.375 e. The van der Waals surface area contributed by atoms with Gasteiger partial charge in [0.1, 0.15) is 0 Å². The predicted molar refractivity (Wildman–Crippen MR) is 68.6 cm³/mol. The molecule has 1 aromatic carbocycles. The summed E-state index contributed by atoms with van der Waals surface area (Å²) in [5, 5.41) is 0. The molecular weight excluding hydrogens is 182 g/mol. The van der Waals surface area contributed by atoms with Gasteiger partial charge in [0.15, 0.2) is 0 Å². The van der Waals surface area contributed by atoms with Crippen molar-refractivity contribution in [3.8, 4) is 0 Å². The molecule has 1 nitrogen and oxygen atoms in total. The minimum atomic E-state index is 1.17. The lowest BCUT2D eigenvalue weighted by atomic mass is 10.2. The number of nitrogens with zero attached hydrogens (tertiary/aromatic N) is 1. The van der Waals surface area contributed by atoms with Crippen molar-refractivity contribution in [2.45, 2.75) is 39.5 Å². The second-order valence-electron chi connectivity index (χ2n) is 4.32. The minimum absolute atomic E-state index is 1.17. The quantitative estimate of drug-likeness (QED) is 0.634. The van der Waals surface area contributed by atoms with Gasteiger partial charge in [-0.1, -0.05) is 43.9 Å². The van der Waals surface area contributed by atoms with Crippen LogP contribution in [0.15, 0.2) is 24.3 Å². The van der Waals surface area contributed by atoms with Gasteiger partial charge in [0.25, 0.3) is 0 Å². The Hall–Kier alpha value is -0.980. The molecule has 0 bridgehead atoms. The first-order chi connectivity index (χ1) is 7.24. The van der Waals surface area contributed by atoms with Crippen LogP contribution in [0.4, 0.5) is 5.69 Å². The average Bonchev–Trinajstić information content (AvgIpc) is 2.25. The van der Waals surface area contributed by atoms with Crippen molar-refractivity contribution in [2.75, 3.05) is 18.5 Å². The molecule has 1 aromatic rings. The number of hydrogen-bond acceptors (Lipinski definition) is 1. The molecule has 0 amide bonds. The van der Waals surface area contributed by atoms with E-state index in [1.54, 1.807) is 0 Å². The summed E-state index contributed by atoms with van der Waals surface area (Å²) in [5.74, 6) is 0. The van der Waals surface area contributed by atoms with Crippen molar-refractivity contribution in [3.63, 3.8) is 0 Å². The molecule has 15 heavy (non-hydrogen) atoms. The van der Waals surface area contributed by atoms with E-state index in [0.29, 0.717) is 0 Å². The van der Waals surface area contributed by atoms with Crippen molar-refractivity contribution < 1.29 is 0 Å². The summed E-state index contributed by atoms with van der Waals surface area (Å²) in [6, 6.07) is 8.76. The molecule has 0 spiro atoms. The van der Waals surface area contributed by atoms with Crippen LogP contribution in [0.2, 0.25) is 0 Å². The molecule has 0 saturated carbocycles. The lowest BCUT2D eigenvalue weighted by Crippen LogP contribution is -2.18. The van der Waals surface area contributed by atoms with Crippen molar-refractivity contribution >= 4 is 5.69 Å². The maximum Gasteiger partial charge on any atom is 0.0363 e. The molecule has 0 aliphatic heterocycles. The van der Waals surface area contributed by atoms with Crippen LogP contribution in [-0.4, -0.2) is 13.6 Å². The number of anilines is 1. The van der Waals surface area contributed by atoms with E-state index >= 15 is 0 Å². The molecule has 1 rings (SSSR count). The Morgan fingerprint density at radius 2 is 1.67 bits per heavy atom. The van der Waals surface area contributed by atoms with E-state index in [-0.39, 0.29) is 0 Å². The third kappa shape index (κ3) is 4.37. The third-order valence-corrected chi connectivity index (χ3v) is 2.82. The van der Waals surface area contributed by atoms with Gasteiger partial charge in [-0.3, -0.25) is 0 Å². The van der Waals surface area contributed by atoms with Crippen LogP contribution in [0.3, 0.4) is 0 Å². The monoisotopic (exact) mass is 205 g/mol. The Morgan fingerprint density at radius 1 is 1.00 bits per heavy atom. The molecule has 0 aromatic heterocycles. The highest BCUT2D eigenvalue weighted by Gasteiger charge is 1.99. The summed E-state index contributed by atoms with van der Waals surface area (Å²) in [6.07, 6.45) is 5.33. The van der Waals surface area contributed by atoms with Crippen molar-refractivity contribution in [1.82, 2.24) is 0 Å². The second-order valence-corrected chi connectivity index (χ2v) is 4.32. The Labute approximate surface area is 94.1 Å². The molecule has 0 fully saturated rings. The number of benzene rings is 1. The van der Waals surface area contributed by atoms with Crippen LogP contribution in [0.5, 0.6) is 0 Å². The Balaban J connectivity index is 2.33. The zero-order valence-corrected chi connectivity index (χ0v) is 10.3. The number of rotatable bonds is 6. The summed E-state index contributed by atoms with van der Waals surface area (Å²) in [4.78, 5) is 2.34. The van der Waals surface area contributed by atoms with Crippen LogP contribution in [0.1, 0.15) is 38.2 Å². The van der Waals surface area contributed by atoms with E-state index in [1.807, 2.05) is 0 Å². The van der Waals surface area contributed by atoms with Gasteiger partial charge in [-0.25, -0.2) is 0 Å². The highest BCUT2D eigenvalue weighted by molar-refractivity contribution is 5.46. The van der Waals surface area contributed by atoms with Crippen LogP contribution in [0.25, 0.3) is 0 Å². The number of aryl methyl sites for hydroxylation is 1. The molecule has 0 radical (unpaired) electrons. The molecule has 1 heteroatoms. The molecule has 0 atom stereocenters. The van der Waals surface area contributed by atoms with E-state index in [2.05, 4.69) is 50.1 Å². The average molecular weight is 205 g/mol. The van der Waals surface area contributed by atoms with Gasteiger partial charge >= 0.3 is 0 Å². The summed E-state index contributed by atoms with van der Waals surface area (Å²) in [5.41, 5.74) is 2.66. The van der Waals surface area contributed by atoms with Gasteiger partial charge in [-0.15, -0.1) is 0 Å². The topological polar surface area (TPSA) is 3.24 Å². The first kappa shape index (κ1) is 12.1. The standard InChI is InChI=1S/C14H23N/c1-4-5-6-7-12-15(3)14-10-8-13(2)9-11-14/h8-11H,4-7,12H2,1-3H3. The number of hydrogen-bond donors (Lipinski definition) is 0. The van der Waals surface area contributed by atoms with Gasteiger partial charge in [-0.2, -0.15) is 0 Å². The van der Waals surface area contributed by atoms with Gasteiger partial charge in [-0.05, 0) is 25.5 Å². The van der Waals surface area contributed by atoms with Crippen LogP contribution in [0, 0.1) is 6.92 Å². The molecule has 0 N–H and O–H groups in total. The van der Waals surface area contributed by atoms with Crippen LogP contribution >= 0.6 is 0 Å². The van der Waals surface area contributed by atoms with Crippen molar-refractivity contribution in [1.29, 1.82) is 0 Å². The normalized spacial score (nSPS) is 10.3. The Morgan fingerprint density at radius 3 is 2.27 bits per heavy atom. The first-order valence-electron chi connectivity index (χ1n) is 6.02. The summed E-state index contributed by atoms with van der Waals surface area (Å²) < 4.78 is 0. The predicted octanol–water partition coefficient (Wildman–Crippen LogP) is 4.01. The van der Waals surface area contributed by atoms with Gasteiger partial charge in [0, 0.05) is 19.3 Å². The fraction of sp³-hybridized carbons (Fsp3) is 0.571. The molecule has 0 saturated heterocycles. The SMILES string of the molecule is CCCCCCN(C)c1ccc(C)cc1. The molecule has 0 unspecified atom stereocenters. The fourth-order valence-corrected chi connectivity index (χ4v) is 1.70. The van der Waals surface area contributed by atoms with Gasteiger partial charge in [0.05, 0.1) is 0 Å². The van der Waals surface area contributed by atoms with E-state index in [4.69, 9.17) is 0 Å². The largest absolute Gasteiger partial charge is 0.375 e. The summed E-state index contributed by atoms with van der Waals surface area (Å²) >= 11 is 0. The fourth-order valence-electron chi connectivity index (χ4n) is 1.70. The Kier molecular flexibility index (Phi) is 5.23. The molecule has 0 aliphatic rings. The van der Waals surface area contributed by atoms with Crippen LogP contribution in [-0.2, 0) is 0 Å². The second kappa shape index (κ2) is 6.49. The lowest BCUT2D eigenvalue weighted by Gasteiger charge is -2.19. The van der Waals surface area contributed by atoms with Crippen molar-refractivity contribution in [3.05, 3.63) is 29.8 Å². The van der Waals surface area contributed by atoms with E-state index in [1.165, 1.54) is 43.5 Å². The highest BCUT2D eigenvalue weighted by atomic mass is 15.1. The molecular formula is C14H23N. The summed E-state index contributed by atoms with van der Waals surface area (Å²) in [7, 11) is 2.18. The van der Waals surface area contributed by atoms with E-state index < -0.39 is 0 Å². The van der Waals surface area contributed by atoms with Crippen molar-refractivity contribution in [2.24, 2.45) is 0 Å². The van der Waals surface area contributed by atoms with Gasteiger partial charge in [0.2, 0.25) is 0 Å².